The largest absolute Gasteiger partial charge is 0.340 e. The molecule has 4 rings (SSSR count). The first-order chi connectivity index (χ1) is 12.2. The van der Waals surface area contributed by atoms with Crippen LogP contribution < -0.4 is 15.8 Å². The third-order valence-electron chi connectivity index (χ3n) is 4.29. The molecule has 2 N–H and O–H groups in total. The molecule has 2 aromatic heterocycles. The van der Waals surface area contributed by atoms with Crippen LogP contribution in [0.5, 0.6) is 0 Å². The van der Waals surface area contributed by atoms with Gasteiger partial charge in [0.2, 0.25) is 5.95 Å². The first-order valence-corrected chi connectivity index (χ1v) is 8.15. The minimum Gasteiger partial charge on any atom is -0.340 e. The van der Waals surface area contributed by atoms with Crippen LogP contribution in [0.1, 0.15) is 11.1 Å². The molecule has 0 aliphatic carbocycles. The van der Waals surface area contributed by atoms with Crippen molar-refractivity contribution in [3.05, 3.63) is 51.9 Å². The number of nitrogens with zero attached hydrogens (tertiary/aromatic N) is 5. The van der Waals surface area contributed by atoms with Crippen molar-refractivity contribution in [3.8, 4) is 6.07 Å². The monoisotopic (exact) mass is 335 g/mol. The van der Waals surface area contributed by atoms with E-state index in [1.165, 1.54) is 4.68 Å². The molecule has 1 aliphatic rings. The Hall–Kier alpha value is -3.18. The summed E-state index contributed by atoms with van der Waals surface area (Å²) in [4.78, 5) is 22.5. The molecule has 8 nitrogen and oxygen atoms in total. The normalized spacial score (nSPS) is 14.6. The van der Waals surface area contributed by atoms with E-state index in [0.29, 0.717) is 29.1 Å². The van der Waals surface area contributed by atoms with Crippen molar-refractivity contribution in [2.75, 3.05) is 31.1 Å². The van der Waals surface area contributed by atoms with E-state index in [9.17, 15) is 4.79 Å². The summed E-state index contributed by atoms with van der Waals surface area (Å²) in [5, 5.41) is 16.5. The zero-order chi connectivity index (χ0) is 17.2. The highest BCUT2D eigenvalue weighted by molar-refractivity contribution is 5.75. The zero-order valence-electron chi connectivity index (χ0n) is 13.6. The molecular weight excluding hydrogens is 318 g/mol. The number of rotatable bonds is 3. The van der Waals surface area contributed by atoms with Gasteiger partial charge in [-0.1, -0.05) is 12.1 Å². The average Bonchev–Trinajstić information content (AvgIpc) is 3.10. The van der Waals surface area contributed by atoms with Crippen molar-refractivity contribution >= 4 is 17.0 Å². The molecule has 0 bridgehead atoms. The van der Waals surface area contributed by atoms with Gasteiger partial charge in [0, 0.05) is 26.2 Å². The van der Waals surface area contributed by atoms with E-state index in [-0.39, 0.29) is 5.56 Å². The third kappa shape index (κ3) is 2.97. The van der Waals surface area contributed by atoms with Gasteiger partial charge in [-0.3, -0.25) is 4.79 Å². The maximum atomic E-state index is 12.7. The van der Waals surface area contributed by atoms with Gasteiger partial charge < -0.3 is 15.2 Å². The molecular formula is C17H17N7O. The Morgan fingerprint density at radius 1 is 1.28 bits per heavy atom. The maximum Gasteiger partial charge on any atom is 0.293 e. The van der Waals surface area contributed by atoms with E-state index in [1.54, 1.807) is 24.4 Å². The fourth-order valence-corrected chi connectivity index (χ4v) is 2.99. The van der Waals surface area contributed by atoms with Crippen molar-refractivity contribution in [2.24, 2.45) is 0 Å². The Kier molecular flexibility index (Phi) is 3.91. The molecule has 0 atom stereocenters. The van der Waals surface area contributed by atoms with Crippen LogP contribution in [-0.4, -0.2) is 45.9 Å². The Balaban J connectivity index is 1.67. The molecule has 0 unspecified atom stereocenters. The molecule has 0 spiro atoms. The summed E-state index contributed by atoms with van der Waals surface area (Å²) in [7, 11) is 0. The molecule has 25 heavy (non-hydrogen) atoms. The molecule has 1 fully saturated rings. The summed E-state index contributed by atoms with van der Waals surface area (Å²) in [6.07, 6.45) is 1.60. The van der Waals surface area contributed by atoms with E-state index in [4.69, 9.17) is 5.26 Å². The van der Waals surface area contributed by atoms with Crippen LogP contribution in [0, 0.1) is 11.3 Å². The zero-order valence-corrected chi connectivity index (χ0v) is 13.6. The number of nitrogens with one attached hydrogen (secondary N) is 2. The Morgan fingerprint density at radius 2 is 2.12 bits per heavy atom. The van der Waals surface area contributed by atoms with Crippen LogP contribution in [0.2, 0.25) is 0 Å². The van der Waals surface area contributed by atoms with E-state index >= 15 is 0 Å². The summed E-state index contributed by atoms with van der Waals surface area (Å²) in [6.45, 7) is 3.81. The third-order valence-corrected chi connectivity index (χ3v) is 4.29. The van der Waals surface area contributed by atoms with Gasteiger partial charge in [-0.25, -0.2) is 9.67 Å². The van der Waals surface area contributed by atoms with E-state index in [1.807, 2.05) is 6.07 Å². The summed E-state index contributed by atoms with van der Waals surface area (Å²) in [5.74, 6) is 0.708. The smallest absolute Gasteiger partial charge is 0.293 e. The van der Waals surface area contributed by atoms with Crippen LogP contribution in [0.25, 0.3) is 11.0 Å². The number of fused-ring (bicyclic) bond motifs is 1. The molecule has 3 heterocycles. The number of imidazole rings is 1. The summed E-state index contributed by atoms with van der Waals surface area (Å²) in [5.41, 5.74) is 2.23. The van der Waals surface area contributed by atoms with Crippen LogP contribution in [0.15, 0.2) is 35.3 Å². The van der Waals surface area contributed by atoms with Gasteiger partial charge in [-0.15, -0.1) is 0 Å². The minimum absolute atomic E-state index is 0.214. The molecule has 0 radical (unpaired) electrons. The lowest BCUT2D eigenvalue weighted by Crippen LogP contribution is -2.44. The lowest BCUT2D eigenvalue weighted by molar-refractivity contribution is 0.582. The number of aromatic amines is 1. The molecule has 0 amide bonds. The molecule has 0 saturated carbocycles. The Bertz CT molecular complexity index is 1010. The molecule has 1 aliphatic heterocycles. The topological polar surface area (TPSA) is 103 Å². The lowest BCUT2D eigenvalue weighted by atomic mass is 10.1. The number of piperazine rings is 1. The summed E-state index contributed by atoms with van der Waals surface area (Å²) >= 11 is 0. The summed E-state index contributed by atoms with van der Waals surface area (Å²) in [6, 6.07) is 9.27. The van der Waals surface area contributed by atoms with E-state index in [2.05, 4.69) is 31.4 Å². The average molecular weight is 335 g/mol. The number of hydrogen-bond acceptors (Lipinski definition) is 6. The number of benzene rings is 1. The second-order valence-corrected chi connectivity index (χ2v) is 5.98. The number of H-pyrrole nitrogens is 1. The molecule has 1 saturated heterocycles. The number of anilines is 1. The fourth-order valence-electron chi connectivity index (χ4n) is 2.99. The predicted molar refractivity (Wildman–Crippen MR) is 93.5 cm³/mol. The fraction of sp³-hybridized carbons (Fsp3) is 0.294. The van der Waals surface area contributed by atoms with Crippen molar-refractivity contribution < 1.29 is 0 Å². The Labute approximate surface area is 143 Å². The highest BCUT2D eigenvalue weighted by Crippen LogP contribution is 2.14. The quantitative estimate of drug-likeness (QED) is 0.720. The van der Waals surface area contributed by atoms with Gasteiger partial charge in [0.1, 0.15) is 11.0 Å². The van der Waals surface area contributed by atoms with Crippen molar-refractivity contribution in [3.63, 3.8) is 0 Å². The van der Waals surface area contributed by atoms with Crippen molar-refractivity contribution in [1.29, 1.82) is 5.26 Å². The lowest BCUT2D eigenvalue weighted by Gasteiger charge is -2.26. The summed E-state index contributed by atoms with van der Waals surface area (Å²) < 4.78 is 1.39. The second-order valence-electron chi connectivity index (χ2n) is 5.98. The molecule has 1 aromatic carbocycles. The highest BCUT2D eigenvalue weighted by Gasteiger charge is 2.16. The molecule has 3 aromatic rings. The van der Waals surface area contributed by atoms with Gasteiger partial charge in [0.15, 0.2) is 0 Å². The van der Waals surface area contributed by atoms with Gasteiger partial charge >= 0.3 is 0 Å². The van der Waals surface area contributed by atoms with Crippen molar-refractivity contribution in [2.45, 2.75) is 6.54 Å². The first kappa shape index (κ1) is 15.4. The SMILES string of the molecule is N#Cc1cccc(Cn2ncc3nc(N4CCNCC4)[nH]c3c2=O)c1. The van der Waals surface area contributed by atoms with Gasteiger partial charge in [0.25, 0.3) is 5.56 Å². The standard InChI is InChI=1S/C17H17N7O/c18-9-12-2-1-3-13(8-12)11-24-16(25)15-14(10-20-24)21-17(22-15)23-6-4-19-5-7-23/h1-3,8,10,19H,4-7,11H2,(H,21,22). The van der Waals surface area contributed by atoms with Gasteiger partial charge in [-0.2, -0.15) is 10.4 Å². The highest BCUT2D eigenvalue weighted by atomic mass is 16.1. The van der Waals surface area contributed by atoms with E-state index in [0.717, 1.165) is 31.7 Å². The van der Waals surface area contributed by atoms with E-state index < -0.39 is 0 Å². The predicted octanol–water partition coefficient (Wildman–Crippen LogP) is 0.449. The number of nitriles is 1. The number of aromatic nitrogens is 4. The molecule has 126 valence electrons. The van der Waals surface area contributed by atoms with Crippen LogP contribution in [0.3, 0.4) is 0 Å². The minimum atomic E-state index is -0.214. The maximum absolute atomic E-state index is 12.7. The van der Waals surface area contributed by atoms with Gasteiger partial charge in [-0.05, 0) is 17.7 Å². The second kappa shape index (κ2) is 6.37. The number of hydrogen-bond donors (Lipinski definition) is 2. The van der Waals surface area contributed by atoms with Crippen molar-refractivity contribution in [1.82, 2.24) is 25.1 Å². The Morgan fingerprint density at radius 3 is 2.92 bits per heavy atom. The van der Waals surface area contributed by atoms with Crippen LogP contribution in [0.4, 0.5) is 5.95 Å². The first-order valence-electron chi connectivity index (χ1n) is 8.15. The molecule has 8 heteroatoms. The van der Waals surface area contributed by atoms with Crippen LogP contribution >= 0.6 is 0 Å². The van der Waals surface area contributed by atoms with Gasteiger partial charge in [0.05, 0.1) is 24.4 Å². The van der Waals surface area contributed by atoms with Crippen LogP contribution in [-0.2, 0) is 6.54 Å².